The molecule has 0 aliphatic heterocycles. The third-order valence-electron chi connectivity index (χ3n) is 8.22. The van der Waals surface area contributed by atoms with Crippen molar-refractivity contribution >= 4 is 23.4 Å². The summed E-state index contributed by atoms with van der Waals surface area (Å²) in [6.07, 6.45) is 5.09. The molecule has 5 heteroatoms. The predicted octanol–water partition coefficient (Wildman–Crippen LogP) is 4.76. The first-order valence-electron chi connectivity index (χ1n) is 9.87. The summed E-state index contributed by atoms with van der Waals surface area (Å²) < 4.78 is 21.4. The number of allylic oxidation sites excluding steroid dienone is 1. The molecule has 0 N–H and O–H groups in total. The van der Waals surface area contributed by atoms with Crippen molar-refractivity contribution in [2.24, 2.45) is 22.7 Å². The Kier molecular flexibility index (Phi) is 4.12. The Hall–Kier alpha value is -0.900. The van der Waals surface area contributed by atoms with Crippen LogP contribution in [0.25, 0.3) is 0 Å². The summed E-state index contributed by atoms with van der Waals surface area (Å²) in [6, 6.07) is 0. The minimum atomic E-state index is -1.17. The van der Waals surface area contributed by atoms with Crippen LogP contribution < -0.4 is 0 Å². The highest BCUT2D eigenvalue weighted by Crippen LogP contribution is 2.70. The van der Waals surface area contributed by atoms with Gasteiger partial charge in [-0.2, -0.15) is 0 Å². The van der Waals surface area contributed by atoms with Gasteiger partial charge in [0.2, 0.25) is 0 Å². The molecule has 0 aromatic carbocycles. The monoisotopic (exact) mass is 382 g/mol. The molecular formula is C21H28ClFO3. The number of ether oxygens (including phenoxy) is 1. The molecule has 4 rings (SSSR count). The Morgan fingerprint density at radius 3 is 2.65 bits per heavy atom. The summed E-state index contributed by atoms with van der Waals surface area (Å²) in [5, 5.41) is 0. The molecule has 0 aromatic rings. The van der Waals surface area contributed by atoms with Crippen molar-refractivity contribution in [1.29, 1.82) is 0 Å². The number of hydrogen-bond acceptors (Lipinski definition) is 3. The fourth-order valence-corrected chi connectivity index (χ4v) is 7.40. The van der Waals surface area contributed by atoms with Gasteiger partial charge in [-0.3, -0.25) is 9.59 Å². The van der Waals surface area contributed by atoms with Crippen LogP contribution in [0.4, 0.5) is 4.39 Å². The van der Waals surface area contributed by atoms with Crippen LogP contribution in [0, 0.1) is 22.7 Å². The molecule has 3 nitrogen and oxygen atoms in total. The first-order chi connectivity index (χ1) is 12.1. The second kappa shape index (κ2) is 5.80. The maximum atomic E-state index is 15.8. The molecule has 3 saturated carbocycles. The van der Waals surface area contributed by atoms with Crippen molar-refractivity contribution in [1.82, 2.24) is 0 Å². The van der Waals surface area contributed by atoms with Gasteiger partial charge in [0.1, 0.15) is 12.3 Å². The van der Waals surface area contributed by atoms with E-state index >= 15 is 4.39 Å². The van der Waals surface area contributed by atoms with Crippen molar-refractivity contribution in [3.63, 3.8) is 0 Å². The molecule has 3 fully saturated rings. The predicted molar refractivity (Wildman–Crippen MR) is 97.6 cm³/mol. The average Bonchev–Trinajstić information content (AvgIpc) is 2.86. The fraction of sp³-hybridized carbons (Fsp3) is 0.810. The molecule has 0 saturated heterocycles. The van der Waals surface area contributed by atoms with Crippen LogP contribution in [0.15, 0.2) is 11.6 Å². The molecule has 144 valence electrons. The minimum Gasteiger partial charge on any atom is -0.462 e. The number of ketones is 1. The Morgan fingerprint density at radius 1 is 1.23 bits per heavy atom. The molecule has 26 heavy (non-hydrogen) atoms. The van der Waals surface area contributed by atoms with Crippen molar-refractivity contribution in [2.45, 2.75) is 82.9 Å². The van der Waals surface area contributed by atoms with Crippen LogP contribution in [-0.2, 0) is 14.3 Å². The van der Waals surface area contributed by atoms with Gasteiger partial charge in [-0.15, -0.1) is 11.6 Å². The summed E-state index contributed by atoms with van der Waals surface area (Å²) >= 11 is 7.24. The zero-order chi connectivity index (χ0) is 18.9. The van der Waals surface area contributed by atoms with E-state index in [1.165, 1.54) is 6.92 Å². The number of esters is 1. The van der Waals surface area contributed by atoms with Crippen LogP contribution in [0.3, 0.4) is 0 Å². The standard InChI is InChI=1S/C21H28ClFO3/c1-12(24)26-18-7-6-15-16-5-4-13-10-14(25)8-9-20(13,3)21(16,22)17(23)11-19(15,18)2/h10,15-18H,4-9,11H2,1-3H3/t15-,16-,17-,18-,19-,20-,21-/m0/s1. The fourth-order valence-electron chi connectivity index (χ4n) is 6.85. The molecule has 4 aliphatic carbocycles. The van der Waals surface area contributed by atoms with Crippen LogP contribution in [0.5, 0.6) is 0 Å². The number of carbonyl (C=O) groups is 2. The highest BCUT2D eigenvalue weighted by Gasteiger charge is 2.70. The van der Waals surface area contributed by atoms with Crippen LogP contribution in [0.2, 0.25) is 0 Å². The van der Waals surface area contributed by atoms with E-state index in [1.54, 1.807) is 6.08 Å². The molecule has 0 amide bonds. The summed E-state index contributed by atoms with van der Waals surface area (Å²) in [5.74, 6) is 0.158. The lowest BCUT2D eigenvalue weighted by atomic mass is 9.46. The van der Waals surface area contributed by atoms with Gasteiger partial charge in [0.05, 0.1) is 4.87 Å². The van der Waals surface area contributed by atoms with Gasteiger partial charge in [-0.05, 0) is 56.4 Å². The zero-order valence-electron chi connectivity index (χ0n) is 15.8. The van der Waals surface area contributed by atoms with Crippen LogP contribution in [0.1, 0.15) is 65.7 Å². The molecule has 0 heterocycles. The van der Waals surface area contributed by atoms with Crippen LogP contribution >= 0.6 is 11.6 Å². The molecule has 0 radical (unpaired) electrons. The lowest BCUT2D eigenvalue weighted by molar-refractivity contribution is -0.160. The van der Waals surface area contributed by atoms with E-state index in [0.717, 1.165) is 31.3 Å². The average molecular weight is 383 g/mol. The van der Waals surface area contributed by atoms with Crippen molar-refractivity contribution in [3.05, 3.63) is 11.6 Å². The van der Waals surface area contributed by atoms with Gasteiger partial charge in [-0.25, -0.2) is 4.39 Å². The van der Waals surface area contributed by atoms with Gasteiger partial charge in [-0.1, -0.05) is 19.4 Å². The van der Waals surface area contributed by atoms with E-state index < -0.39 is 16.5 Å². The molecule has 4 aliphatic rings. The van der Waals surface area contributed by atoms with Gasteiger partial charge < -0.3 is 4.74 Å². The largest absolute Gasteiger partial charge is 0.462 e. The SMILES string of the molecule is CC(=O)O[C@H]1CC[C@H]2[C@@H]3CCC4=CC(=O)CC[C@]4(C)[C@@]3(Cl)[C@@H](F)C[C@]12C. The van der Waals surface area contributed by atoms with Crippen molar-refractivity contribution in [2.75, 3.05) is 0 Å². The summed E-state index contributed by atoms with van der Waals surface area (Å²) in [7, 11) is 0. The summed E-state index contributed by atoms with van der Waals surface area (Å²) in [4.78, 5) is 22.5. The van der Waals surface area contributed by atoms with E-state index in [0.29, 0.717) is 19.3 Å². The maximum Gasteiger partial charge on any atom is 0.302 e. The van der Waals surface area contributed by atoms with Gasteiger partial charge >= 0.3 is 5.97 Å². The van der Waals surface area contributed by atoms with E-state index in [4.69, 9.17) is 16.3 Å². The number of rotatable bonds is 1. The number of halogens is 2. The second-order valence-electron chi connectivity index (χ2n) is 9.34. The van der Waals surface area contributed by atoms with Gasteiger partial charge in [0.15, 0.2) is 5.78 Å². The van der Waals surface area contributed by atoms with Crippen LogP contribution in [-0.4, -0.2) is 28.9 Å². The Balaban J connectivity index is 1.74. The smallest absolute Gasteiger partial charge is 0.302 e. The number of carbonyl (C=O) groups excluding carboxylic acids is 2. The van der Waals surface area contributed by atoms with E-state index in [9.17, 15) is 9.59 Å². The molecule has 0 spiro atoms. The van der Waals surface area contributed by atoms with E-state index in [-0.39, 0.29) is 35.1 Å². The quantitative estimate of drug-likeness (QED) is 0.485. The Bertz CT molecular complexity index is 691. The number of hydrogen-bond donors (Lipinski definition) is 0. The maximum absolute atomic E-state index is 15.8. The van der Waals surface area contributed by atoms with Crippen molar-refractivity contribution < 1.29 is 18.7 Å². The minimum absolute atomic E-state index is 0.0498. The van der Waals surface area contributed by atoms with Crippen molar-refractivity contribution in [3.8, 4) is 0 Å². The van der Waals surface area contributed by atoms with Gasteiger partial charge in [0, 0.05) is 24.2 Å². The lowest BCUT2D eigenvalue weighted by Gasteiger charge is -2.63. The number of alkyl halides is 2. The highest BCUT2D eigenvalue weighted by molar-refractivity contribution is 6.26. The Morgan fingerprint density at radius 2 is 1.96 bits per heavy atom. The first-order valence-corrected chi connectivity index (χ1v) is 10.2. The number of fused-ring (bicyclic) bond motifs is 5. The third kappa shape index (κ3) is 2.23. The highest BCUT2D eigenvalue weighted by atomic mass is 35.5. The Labute approximate surface area is 159 Å². The molecule has 7 atom stereocenters. The molecular weight excluding hydrogens is 355 g/mol. The topological polar surface area (TPSA) is 43.4 Å². The lowest BCUT2D eigenvalue weighted by Crippen LogP contribution is -2.65. The van der Waals surface area contributed by atoms with E-state index in [2.05, 4.69) is 13.8 Å². The zero-order valence-corrected chi connectivity index (χ0v) is 16.6. The molecule has 0 aromatic heterocycles. The normalized spacial score (nSPS) is 50.3. The summed E-state index contributed by atoms with van der Waals surface area (Å²) in [5.41, 5.74) is 0.225. The third-order valence-corrected chi connectivity index (χ3v) is 9.15. The van der Waals surface area contributed by atoms with Gasteiger partial charge in [0.25, 0.3) is 0 Å². The molecule has 0 unspecified atom stereocenters. The first kappa shape index (κ1) is 18.5. The second-order valence-corrected chi connectivity index (χ2v) is 9.97. The molecule has 0 bridgehead atoms. The summed E-state index contributed by atoms with van der Waals surface area (Å²) in [6.45, 7) is 5.58. The van der Waals surface area contributed by atoms with E-state index in [1.807, 2.05) is 0 Å².